The molecule has 0 aliphatic rings. The normalized spacial score (nSPS) is 10.8. The van der Waals surface area contributed by atoms with E-state index in [0.717, 1.165) is 34.1 Å². The Labute approximate surface area is 150 Å². The number of fused-ring (bicyclic) bond motifs is 2. The van der Waals surface area contributed by atoms with Crippen LogP contribution in [-0.2, 0) is 6.42 Å². The lowest BCUT2D eigenvalue weighted by atomic mass is 10.1. The van der Waals surface area contributed by atoms with Gasteiger partial charge in [-0.1, -0.05) is 31.9 Å². The Morgan fingerprint density at radius 2 is 1.31 bits per heavy atom. The Morgan fingerprint density at radius 1 is 0.731 bits per heavy atom. The lowest BCUT2D eigenvalue weighted by Gasteiger charge is -2.00. The third kappa shape index (κ3) is 4.33. The topological polar surface area (TPSA) is 97.3 Å². The van der Waals surface area contributed by atoms with E-state index in [-0.39, 0.29) is 11.4 Å². The highest BCUT2D eigenvalue weighted by molar-refractivity contribution is 5.75. The standard InChI is InChI=1S/C12H16N2O.C8H8N2O/c1-2-3-4-5-9-6-7-10-11(8-9)14-12(15)13-10;1-5-2-3-6-7(4-5)10-8(11)9-6/h6-8H,2-5H2,1H3,(H2,13,14,15);2-4H,1H3,(H2,9,10,11). The summed E-state index contributed by atoms with van der Waals surface area (Å²) >= 11 is 0. The number of hydrogen-bond acceptors (Lipinski definition) is 2. The SMILES string of the molecule is CCCCCc1ccc2[nH]c(=O)[nH]c2c1.Cc1ccc2[nH]c(=O)[nH]c2c1. The first-order valence-electron chi connectivity index (χ1n) is 8.94. The molecule has 2 heterocycles. The first kappa shape index (κ1) is 17.8. The van der Waals surface area contributed by atoms with Gasteiger partial charge < -0.3 is 19.9 Å². The summed E-state index contributed by atoms with van der Waals surface area (Å²) in [5, 5.41) is 0. The highest BCUT2D eigenvalue weighted by Gasteiger charge is 1.99. The van der Waals surface area contributed by atoms with Gasteiger partial charge in [0.15, 0.2) is 0 Å². The largest absolute Gasteiger partial charge is 0.323 e. The van der Waals surface area contributed by atoms with Crippen LogP contribution < -0.4 is 11.4 Å². The average molecular weight is 352 g/mol. The van der Waals surface area contributed by atoms with E-state index in [1.54, 1.807) is 0 Å². The van der Waals surface area contributed by atoms with Crippen molar-refractivity contribution in [2.24, 2.45) is 0 Å². The molecule has 0 amide bonds. The highest BCUT2D eigenvalue weighted by atomic mass is 16.1. The fourth-order valence-corrected chi connectivity index (χ4v) is 2.96. The predicted octanol–water partition coefficient (Wildman–Crippen LogP) is 3.75. The molecule has 0 unspecified atom stereocenters. The van der Waals surface area contributed by atoms with E-state index in [0.29, 0.717) is 0 Å². The van der Waals surface area contributed by atoms with Gasteiger partial charge in [0.05, 0.1) is 22.1 Å². The Bertz CT molecular complexity index is 1110. The molecule has 4 rings (SSSR count). The summed E-state index contributed by atoms with van der Waals surface area (Å²) in [6.45, 7) is 4.19. The molecule has 4 N–H and O–H groups in total. The van der Waals surface area contributed by atoms with Crippen molar-refractivity contribution >= 4 is 22.1 Å². The van der Waals surface area contributed by atoms with E-state index in [1.165, 1.54) is 24.8 Å². The molecule has 0 saturated carbocycles. The lowest BCUT2D eigenvalue weighted by molar-refractivity contribution is 0.718. The predicted molar refractivity (Wildman–Crippen MR) is 106 cm³/mol. The summed E-state index contributed by atoms with van der Waals surface area (Å²) in [5.74, 6) is 0. The maximum atomic E-state index is 11.0. The van der Waals surface area contributed by atoms with Crippen molar-refractivity contribution < 1.29 is 0 Å². The molecular weight excluding hydrogens is 328 g/mol. The van der Waals surface area contributed by atoms with Gasteiger partial charge in [-0.3, -0.25) is 0 Å². The summed E-state index contributed by atoms with van der Waals surface area (Å²) < 4.78 is 0. The van der Waals surface area contributed by atoms with Gasteiger partial charge in [0, 0.05) is 0 Å². The molecule has 4 aromatic rings. The lowest BCUT2D eigenvalue weighted by Crippen LogP contribution is -1.99. The minimum atomic E-state index is -0.148. The van der Waals surface area contributed by atoms with Crippen molar-refractivity contribution in [3.63, 3.8) is 0 Å². The number of aryl methyl sites for hydroxylation is 2. The van der Waals surface area contributed by atoms with Crippen molar-refractivity contribution in [3.8, 4) is 0 Å². The van der Waals surface area contributed by atoms with Crippen molar-refractivity contribution in [3.05, 3.63) is 68.5 Å². The maximum absolute atomic E-state index is 11.0. The van der Waals surface area contributed by atoms with E-state index in [2.05, 4.69) is 39.0 Å². The Kier molecular flexibility index (Phi) is 5.41. The number of hydrogen-bond donors (Lipinski definition) is 4. The van der Waals surface area contributed by atoms with Crippen LogP contribution in [0.2, 0.25) is 0 Å². The minimum Gasteiger partial charge on any atom is -0.306 e. The molecule has 0 radical (unpaired) electrons. The molecule has 0 spiro atoms. The summed E-state index contributed by atoms with van der Waals surface area (Å²) in [4.78, 5) is 32.7. The van der Waals surface area contributed by atoms with E-state index >= 15 is 0 Å². The summed E-state index contributed by atoms with van der Waals surface area (Å²) in [6.07, 6.45) is 4.82. The van der Waals surface area contributed by atoms with E-state index < -0.39 is 0 Å². The molecule has 0 atom stereocenters. The van der Waals surface area contributed by atoms with Crippen LogP contribution in [0.3, 0.4) is 0 Å². The Morgan fingerprint density at radius 3 is 1.96 bits per heavy atom. The average Bonchev–Trinajstić information content (AvgIpc) is 3.15. The van der Waals surface area contributed by atoms with Gasteiger partial charge in [0.1, 0.15) is 0 Å². The Balaban J connectivity index is 0.000000158. The van der Waals surface area contributed by atoms with Gasteiger partial charge in [-0.25, -0.2) is 9.59 Å². The van der Waals surface area contributed by atoms with Crippen molar-refractivity contribution in [1.82, 2.24) is 19.9 Å². The van der Waals surface area contributed by atoms with Crippen LogP contribution >= 0.6 is 0 Å². The van der Waals surface area contributed by atoms with Crippen LogP contribution in [0.15, 0.2) is 46.0 Å². The zero-order chi connectivity index (χ0) is 18.5. The smallest absolute Gasteiger partial charge is 0.306 e. The molecule has 2 aromatic heterocycles. The van der Waals surface area contributed by atoms with Gasteiger partial charge in [0.2, 0.25) is 0 Å². The van der Waals surface area contributed by atoms with E-state index in [9.17, 15) is 9.59 Å². The summed E-state index contributed by atoms with van der Waals surface area (Å²) in [7, 11) is 0. The van der Waals surface area contributed by atoms with E-state index in [4.69, 9.17) is 0 Å². The number of H-pyrrole nitrogens is 4. The second-order valence-electron chi connectivity index (χ2n) is 6.54. The number of imidazole rings is 2. The molecule has 0 fully saturated rings. The molecule has 0 aliphatic heterocycles. The number of aromatic amines is 4. The Hall–Kier alpha value is -3.02. The third-order valence-electron chi connectivity index (χ3n) is 4.32. The van der Waals surface area contributed by atoms with E-state index in [1.807, 2.05) is 31.2 Å². The van der Waals surface area contributed by atoms with Crippen LogP contribution in [0.1, 0.15) is 37.3 Å². The van der Waals surface area contributed by atoms with Gasteiger partial charge in [-0.05, 0) is 55.2 Å². The van der Waals surface area contributed by atoms with Crippen molar-refractivity contribution in [2.45, 2.75) is 39.5 Å². The first-order valence-corrected chi connectivity index (χ1v) is 8.94. The van der Waals surface area contributed by atoms with Gasteiger partial charge in [-0.2, -0.15) is 0 Å². The van der Waals surface area contributed by atoms with Crippen LogP contribution in [0.5, 0.6) is 0 Å². The maximum Gasteiger partial charge on any atom is 0.323 e. The van der Waals surface area contributed by atoms with Crippen molar-refractivity contribution in [2.75, 3.05) is 0 Å². The quantitative estimate of drug-likeness (QED) is 0.421. The molecule has 6 heteroatoms. The second-order valence-corrected chi connectivity index (χ2v) is 6.54. The molecule has 0 aliphatic carbocycles. The first-order chi connectivity index (χ1) is 12.5. The number of unbranched alkanes of at least 4 members (excludes halogenated alkanes) is 2. The van der Waals surface area contributed by atoms with Crippen LogP contribution in [0.4, 0.5) is 0 Å². The second kappa shape index (κ2) is 7.91. The van der Waals surface area contributed by atoms with Gasteiger partial charge >= 0.3 is 11.4 Å². The summed E-state index contributed by atoms with van der Waals surface area (Å²) in [5.41, 5.74) is 5.70. The number of benzene rings is 2. The molecule has 0 saturated heterocycles. The molecule has 136 valence electrons. The summed E-state index contributed by atoms with van der Waals surface area (Å²) in [6, 6.07) is 11.9. The van der Waals surface area contributed by atoms with Crippen molar-refractivity contribution in [1.29, 1.82) is 0 Å². The molecular formula is C20H24N4O2. The monoisotopic (exact) mass is 352 g/mol. The fourth-order valence-electron chi connectivity index (χ4n) is 2.96. The zero-order valence-electron chi connectivity index (χ0n) is 15.1. The van der Waals surface area contributed by atoms with Gasteiger partial charge in [0.25, 0.3) is 0 Å². The number of aromatic nitrogens is 4. The number of rotatable bonds is 4. The molecule has 6 nitrogen and oxygen atoms in total. The van der Waals surface area contributed by atoms with Gasteiger partial charge in [-0.15, -0.1) is 0 Å². The fraction of sp³-hybridized carbons (Fsp3) is 0.300. The highest BCUT2D eigenvalue weighted by Crippen LogP contribution is 2.12. The number of nitrogens with one attached hydrogen (secondary N) is 4. The zero-order valence-corrected chi connectivity index (χ0v) is 15.1. The molecule has 26 heavy (non-hydrogen) atoms. The minimum absolute atomic E-state index is 0.129. The van der Waals surface area contributed by atoms with Crippen LogP contribution in [-0.4, -0.2) is 19.9 Å². The van der Waals surface area contributed by atoms with Crippen LogP contribution in [0.25, 0.3) is 22.1 Å². The van der Waals surface area contributed by atoms with Crippen LogP contribution in [0, 0.1) is 6.92 Å². The molecule has 0 bridgehead atoms. The third-order valence-corrected chi connectivity index (χ3v) is 4.32. The molecule has 2 aromatic carbocycles.